The Bertz CT molecular complexity index is 993. The molecule has 2 atom stereocenters. The lowest BCUT2D eigenvalue weighted by atomic mass is 9.92. The minimum Gasteiger partial charge on any atom is -0.450 e. The van der Waals surface area contributed by atoms with E-state index in [1.54, 1.807) is 17.0 Å². The Morgan fingerprint density at radius 1 is 1.37 bits per heavy atom. The molecule has 1 aliphatic carbocycles. The van der Waals surface area contributed by atoms with Gasteiger partial charge in [-0.2, -0.15) is 0 Å². The van der Waals surface area contributed by atoms with Crippen molar-refractivity contribution >= 4 is 29.5 Å². The van der Waals surface area contributed by atoms with Crippen LogP contribution in [0, 0.1) is 17.2 Å². The predicted octanol–water partition coefficient (Wildman–Crippen LogP) is 5.56. The second kappa shape index (κ2) is 8.31. The van der Waals surface area contributed by atoms with E-state index in [1.165, 1.54) is 6.07 Å². The van der Waals surface area contributed by atoms with Crippen LogP contribution in [0.1, 0.15) is 30.9 Å². The smallest absolute Gasteiger partial charge is 0.409 e. The summed E-state index contributed by atoms with van der Waals surface area (Å²) in [6.07, 6.45) is 4.31. The van der Waals surface area contributed by atoms with E-state index < -0.39 is 0 Å². The van der Waals surface area contributed by atoms with Crippen molar-refractivity contribution in [3.63, 3.8) is 0 Å². The minimum atomic E-state index is -0.245. The highest BCUT2D eigenvalue weighted by Crippen LogP contribution is 2.62. The van der Waals surface area contributed by atoms with Crippen molar-refractivity contribution in [3.05, 3.63) is 70.0 Å². The van der Waals surface area contributed by atoms with E-state index >= 15 is 0 Å². The van der Waals surface area contributed by atoms with Crippen LogP contribution < -0.4 is 5.73 Å². The number of carbonyl (C=O) groups is 1. The Labute approximate surface area is 181 Å². The zero-order chi connectivity index (χ0) is 21.3. The van der Waals surface area contributed by atoms with Crippen LogP contribution in [0.15, 0.2) is 48.0 Å². The number of nitrogens with zero attached hydrogens (tertiary/aromatic N) is 1. The Morgan fingerprint density at radius 3 is 2.90 bits per heavy atom. The van der Waals surface area contributed by atoms with Gasteiger partial charge in [-0.1, -0.05) is 47.5 Å². The molecule has 2 N–H and O–H groups in total. The number of anilines is 1. The van der Waals surface area contributed by atoms with E-state index in [1.807, 2.05) is 31.2 Å². The van der Waals surface area contributed by atoms with E-state index in [9.17, 15) is 9.18 Å². The molecule has 2 fully saturated rings. The summed E-state index contributed by atoms with van der Waals surface area (Å²) in [6, 6.07) is 12.4. The highest BCUT2D eigenvalue weighted by Gasteiger charge is 2.59. The second-order valence-electron chi connectivity index (χ2n) is 8.26. The Hall–Kier alpha value is -2.53. The van der Waals surface area contributed by atoms with Crippen molar-refractivity contribution in [3.8, 4) is 0 Å². The summed E-state index contributed by atoms with van der Waals surface area (Å²) in [4.78, 5) is 13.9. The van der Waals surface area contributed by atoms with Gasteiger partial charge in [0.1, 0.15) is 5.82 Å². The van der Waals surface area contributed by atoms with Gasteiger partial charge in [-0.15, -0.1) is 0 Å². The van der Waals surface area contributed by atoms with Crippen LogP contribution in [0.4, 0.5) is 14.9 Å². The maximum absolute atomic E-state index is 14.4. The summed E-state index contributed by atoms with van der Waals surface area (Å²) in [6.45, 7) is 3.59. The van der Waals surface area contributed by atoms with Gasteiger partial charge in [0.05, 0.1) is 17.3 Å². The summed E-state index contributed by atoms with van der Waals surface area (Å²) in [7, 11) is 0. The topological polar surface area (TPSA) is 55.6 Å². The monoisotopic (exact) mass is 428 g/mol. The largest absolute Gasteiger partial charge is 0.450 e. The number of likely N-dealkylation sites (tertiary alicyclic amines) is 1. The molecule has 6 heteroatoms. The molecule has 0 bridgehead atoms. The molecular formula is C24H26ClFN2O2. The van der Waals surface area contributed by atoms with Gasteiger partial charge in [-0.3, -0.25) is 0 Å². The number of ether oxygens (including phenoxy) is 1. The van der Waals surface area contributed by atoms with E-state index in [2.05, 4.69) is 6.08 Å². The number of carbonyl (C=O) groups excluding carboxylic acids is 1. The van der Waals surface area contributed by atoms with Crippen LogP contribution in [0.3, 0.4) is 0 Å². The van der Waals surface area contributed by atoms with Gasteiger partial charge < -0.3 is 15.4 Å². The fourth-order valence-corrected chi connectivity index (χ4v) is 4.76. The van der Waals surface area contributed by atoms with Crippen molar-refractivity contribution in [2.45, 2.75) is 26.2 Å². The number of hydrogen-bond donors (Lipinski definition) is 1. The summed E-state index contributed by atoms with van der Waals surface area (Å²) in [5, 5.41) is 0.508. The molecule has 0 aromatic heterocycles. The zero-order valence-corrected chi connectivity index (χ0v) is 17.8. The van der Waals surface area contributed by atoms with E-state index in [0.717, 1.165) is 24.0 Å². The molecule has 1 aliphatic heterocycles. The van der Waals surface area contributed by atoms with Gasteiger partial charge >= 0.3 is 6.09 Å². The number of hydrogen-bond acceptors (Lipinski definition) is 3. The third-order valence-corrected chi connectivity index (χ3v) is 6.60. The SMILES string of the molecule is CCOC(=O)N1CC[C@]2(C[C@H]2/C(=C/c2ccc(N)c(Cl)c2)Cc2ccccc2F)C1. The third kappa shape index (κ3) is 4.17. The fourth-order valence-electron chi connectivity index (χ4n) is 4.57. The van der Waals surface area contributed by atoms with E-state index in [-0.39, 0.29) is 17.3 Å². The predicted molar refractivity (Wildman–Crippen MR) is 118 cm³/mol. The molecule has 0 unspecified atom stereocenters. The molecule has 2 aromatic carbocycles. The normalized spacial score (nSPS) is 23.1. The Balaban J connectivity index is 1.60. The van der Waals surface area contributed by atoms with Gasteiger partial charge in [0.15, 0.2) is 0 Å². The lowest BCUT2D eigenvalue weighted by Gasteiger charge is -2.17. The maximum Gasteiger partial charge on any atom is 0.409 e. The summed E-state index contributed by atoms with van der Waals surface area (Å²) >= 11 is 6.21. The van der Waals surface area contributed by atoms with Crippen LogP contribution in [-0.4, -0.2) is 30.7 Å². The van der Waals surface area contributed by atoms with Crippen molar-refractivity contribution in [2.75, 3.05) is 25.4 Å². The molecule has 2 aromatic rings. The van der Waals surface area contributed by atoms with Crippen LogP contribution in [0.25, 0.3) is 6.08 Å². The fraction of sp³-hybridized carbons (Fsp3) is 0.375. The Kier molecular flexibility index (Phi) is 5.74. The van der Waals surface area contributed by atoms with Gasteiger partial charge in [0.2, 0.25) is 0 Å². The second-order valence-corrected chi connectivity index (χ2v) is 8.67. The van der Waals surface area contributed by atoms with Gasteiger partial charge in [0.25, 0.3) is 0 Å². The van der Waals surface area contributed by atoms with E-state index in [4.69, 9.17) is 22.1 Å². The first-order chi connectivity index (χ1) is 14.4. The number of nitrogens with two attached hydrogens (primary N) is 1. The van der Waals surface area contributed by atoms with Crippen LogP contribution in [-0.2, 0) is 11.2 Å². The number of benzene rings is 2. The van der Waals surface area contributed by atoms with Crippen LogP contribution >= 0.6 is 11.6 Å². The van der Waals surface area contributed by atoms with E-state index in [0.29, 0.717) is 48.3 Å². The van der Waals surface area contributed by atoms with Gasteiger partial charge in [-0.25, -0.2) is 9.18 Å². The molecule has 0 radical (unpaired) electrons. The van der Waals surface area contributed by atoms with Crippen molar-refractivity contribution in [2.24, 2.45) is 11.3 Å². The highest BCUT2D eigenvalue weighted by atomic mass is 35.5. The van der Waals surface area contributed by atoms with Crippen LogP contribution in [0.2, 0.25) is 5.02 Å². The lowest BCUT2D eigenvalue weighted by molar-refractivity contribution is 0.114. The van der Waals surface area contributed by atoms with Crippen molar-refractivity contribution in [1.29, 1.82) is 0 Å². The van der Waals surface area contributed by atoms with Crippen molar-refractivity contribution < 1.29 is 13.9 Å². The molecule has 1 heterocycles. The number of allylic oxidation sites excluding steroid dienone is 1. The molecular weight excluding hydrogens is 403 g/mol. The first kappa shape index (κ1) is 20.7. The lowest BCUT2D eigenvalue weighted by Crippen LogP contribution is -2.29. The highest BCUT2D eigenvalue weighted by molar-refractivity contribution is 6.33. The average molecular weight is 429 g/mol. The minimum absolute atomic E-state index is 0.0570. The standard InChI is InChI=1S/C24H26ClFN2O2/c1-2-30-23(29)28-10-9-24(15-28)14-19(24)18(13-17-5-3-4-6-21(17)26)11-16-7-8-22(27)20(25)12-16/h3-8,11-12,19H,2,9-10,13-15,27H2,1H3/b18-11+/t19-,24-/m0/s1. The summed E-state index contributed by atoms with van der Waals surface area (Å²) in [5.41, 5.74) is 9.22. The molecule has 2 aliphatic rings. The Morgan fingerprint density at radius 2 is 2.17 bits per heavy atom. The molecule has 1 amide bonds. The molecule has 4 rings (SSSR count). The number of amides is 1. The van der Waals surface area contributed by atoms with Crippen LogP contribution in [0.5, 0.6) is 0 Å². The number of halogens is 2. The molecule has 1 saturated heterocycles. The molecule has 30 heavy (non-hydrogen) atoms. The van der Waals surface area contributed by atoms with Gasteiger partial charge in [0, 0.05) is 13.1 Å². The molecule has 1 saturated carbocycles. The molecule has 4 nitrogen and oxygen atoms in total. The number of nitrogen functional groups attached to an aromatic ring is 1. The molecule has 158 valence electrons. The summed E-state index contributed by atoms with van der Waals surface area (Å²) < 4.78 is 19.5. The average Bonchev–Trinajstić information content (AvgIpc) is 3.25. The van der Waals surface area contributed by atoms with Crippen molar-refractivity contribution in [1.82, 2.24) is 4.90 Å². The quantitative estimate of drug-likeness (QED) is 0.634. The first-order valence-corrected chi connectivity index (χ1v) is 10.7. The zero-order valence-electron chi connectivity index (χ0n) is 17.0. The number of rotatable bonds is 5. The third-order valence-electron chi connectivity index (χ3n) is 6.28. The maximum atomic E-state index is 14.4. The summed E-state index contributed by atoms with van der Waals surface area (Å²) in [5.74, 6) is 0.0980. The molecule has 1 spiro atoms. The van der Waals surface area contributed by atoms with Gasteiger partial charge in [-0.05, 0) is 66.8 Å². The first-order valence-electron chi connectivity index (χ1n) is 10.3.